The highest BCUT2D eigenvalue weighted by Crippen LogP contribution is 2.32. The zero-order chi connectivity index (χ0) is 25.7. The number of nitrogens with zero attached hydrogens (tertiary/aromatic N) is 6. The Morgan fingerprint density at radius 3 is 2.78 bits per heavy atom. The fourth-order valence-corrected chi connectivity index (χ4v) is 4.43. The van der Waals surface area contributed by atoms with Crippen LogP contribution < -0.4 is 14.8 Å². The summed E-state index contributed by atoms with van der Waals surface area (Å²) in [6, 6.07) is 5.42. The molecule has 1 aliphatic rings. The Morgan fingerprint density at radius 1 is 1.22 bits per heavy atom. The zero-order valence-corrected chi connectivity index (χ0v) is 21.1. The Labute approximate surface area is 210 Å². The van der Waals surface area contributed by atoms with Crippen LogP contribution in [0.4, 0.5) is 5.95 Å². The summed E-state index contributed by atoms with van der Waals surface area (Å²) in [5.41, 5.74) is 2.85. The lowest BCUT2D eigenvalue weighted by Crippen LogP contribution is -2.31. The van der Waals surface area contributed by atoms with Crippen LogP contribution in [0.2, 0.25) is 0 Å². The molecule has 0 aliphatic heterocycles. The number of carbonyl (C=O) groups is 1. The first-order valence-corrected chi connectivity index (χ1v) is 12.3. The van der Waals surface area contributed by atoms with E-state index in [9.17, 15) is 9.90 Å². The van der Waals surface area contributed by atoms with Gasteiger partial charge in [-0.1, -0.05) is 18.1 Å². The first kappa shape index (κ1) is 25.3. The second-order valence-corrected chi connectivity index (χ2v) is 9.33. The molecular weight excluding hydrogens is 462 g/mol. The summed E-state index contributed by atoms with van der Waals surface area (Å²) in [7, 11) is 1.82. The van der Waals surface area contributed by atoms with E-state index in [0.717, 1.165) is 25.0 Å². The summed E-state index contributed by atoms with van der Waals surface area (Å²) < 4.78 is 13.3. The number of hydrogen-bond donors (Lipinski definition) is 2. The molecular formula is C25H33N7O4. The van der Waals surface area contributed by atoms with Crippen LogP contribution in [0, 0.1) is 18.8 Å². The van der Waals surface area contributed by atoms with Gasteiger partial charge in [0, 0.05) is 25.2 Å². The minimum Gasteiger partial charge on any atom is -0.491 e. The van der Waals surface area contributed by atoms with Crippen LogP contribution in [0.25, 0.3) is 11.4 Å². The van der Waals surface area contributed by atoms with Gasteiger partial charge in [-0.15, -0.1) is 5.10 Å². The third kappa shape index (κ3) is 6.07. The van der Waals surface area contributed by atoms with Crippen molar-refractivity contribution in [3.05, 3.63) is 35.8 Å². The molecule has 1 saturated carbocycles. The summed E-state index contributed by atoms with van der Waals surface area (Å²) in [5, 5.41) is 21.2. The number of rotatable bonds is 10. The molecule has 3 heterocycles. The van der Waals surface area contributed by atoms with E-state index >= 15 is 0 Å². The Kier molecular flexibility index (Phi) is 7.97. The van der Waals surface area contributed by atoms with Gasteiger partial charge >= 0.3 is 5.97 Å². The van der Waals surface area contributed by atoms with E-state index in [1.165, 1.54) is 0 Å². The van der Waals surface area contributed by atoms with Gasteiger partial charge in [0.15, 0.2) is 0 Å². The van der Waals surface area contributed by atoms with Crippen molar-refractivity contribution in [1.82, 2.24) is 29.9 Å². The Morgan fingerprint density at radius 2 is 2.03 bits per heavy atom. The number of pyridine rings is 1. The van der Waals surface area contributed by atoms with E-state index < -0.39 is 5.97 Å². The molecule has 0 amide bonds. The number of anilines is 1. The monoisotopic (exact) mass is 495 g/mol. The van der Waals surface area contributed by atoms with Gasteiger partial charge in [0.25, 0.3) is 0 Å². The number of carboxylic acid groups (broad SMARTS) is 1. The summed E-state index contributed by atoms with van der Waals surface area (Å²) in [5.74, 6) is 0.522. The Balaban J connectivity index is 1.44. The molecule has 36 heavy (non-hydrogen) atoms. The minimum absolute atomic E-state index is 0.0136. The van der Waals surface area contributed by atoms with Crippen molar-refractivity contribution in [2.24, 2.45) is 18.9 Å². The van der Waals surface area contributed by atoms with Gasteiger partial charge in [0.1, 0.15) is 11.4 Å². The fraction of sp³-hybridized carbons (Fsp3) is 0.520. The van der Waals surface area contributed by atoms with Crippen molar-refractivity contribution < 1.29 is 19.4 Å². The SMILES string of the molecule is Cc1nc(-c2nnn(C)c2CNc2nccc(OC(C)C)n2)ccc1OC[C@H]1CCCC[C@@H]1C(=O)O. The Hall–Kier alpha value is -3.76. The average molecular weight is 496 g/mol. The second-order valence-electron chi connectivity index (χ2n) is 9.33. The van der Waals surface area contributed by atoms with E-state index in [1.54, 1.807) is 16.9 Å². The van der Waals surface area contributed by atoms with Crippen LogP contribution in [0.3, 0.4) is 0 Å². The number of aryl methyl sites for hydroxylation is 2. The minimum atomic E-state index is -0.734. The molecule has 3 aromatic heterocycles. The predicted octanol–water partition coefficient (Wildman–Crippen LogP) is 3.64. The smallest absolute Gasteiger partial charge is 0.306 e. The summed E-state index contributed by atoms with van der Waals surface area (Å²) >= 11 is 0. The third-order valence-electron chi connectivity index (χ3n) is 6.30. The topological polar surface area (TPSA) is 137 Å². The van der Waals surface area contributed by atoms with Gasteiger partial charge in [-0.3, -0.25) is 4.79 Å². The molecule has 4 rings (SSSR count). The lowest BCUT2D eigenvalue weighted by atomic mass is 9.80. The number of aliphatic carboxylic acids is 1. The summed E-state index contributed by atoms with van der Waals surface area (Å²) in [4.78, 5) is 24.9. The molecule has 1 fully saturated rings. The quantitative estimate of drug-likeness (QED) is 0.429. The zero-order valence-electron chi connectivity index (χ0n) is 21.1. The largest absolute Gasteiger partial charge is 0.491 e. The molecule has 11 nitrogen and oxygen atoms in total. The molecule has 11 heteroatoms. The van der Waals surface area contributed by atoms with Crippen molar-refractivity contribution in [2.45, 2.75) is 59.1 Å². The van der Waals surface area contributed by atoms with Crippen LogP contribution in [-0.2, 0) is 18.4 Å². The first-order valence-electron chi connectivity index (χ1n) is 12.3. The molecule has 3 aromatic rings. The molecule has 0 radical (unpaired) electrons. The first-order chi connectivity index (χ1) is 17.3. The van der Waals surface area contributed by atoms with Crippen LogP contribution in [0.15, 0.2) is 24.4 Å². The average Bonchev–Trinajstić information content (AvgIpc) is 3.22. The van der Waals surface area contributed by atoms with Gasteiger partial charge in [-0.25, -0.2) is 14.6 Å². The molecule has 0 unspecified atom stereocenters. The van der Waals surface area contributed by atoms with Crippen molar-refractivity contribution in [2.75, 3.05) is 11.9 Å². The molecule has 192 valence electrons. The lowest BCUT2D eigenvalue weighted by Gasteiger charge is -2.28. The maximum absolute atomic E-state index is 11.6. The van der Waals surface area contributed by atoms with Crippen molar-refractivity contribution in [1.29, 1.82) is 0 Å². The molecule has 0 aromatic carbocycles. The van der Waals surface area contributed by atoms with Crippen molar-refractivity contribution in [3.8, 4) is 23.0 Å². The van der Waals surface area contributed by atoms with E-state index in [-0.39, 0.29) is 17.9 Å². The third-order valence-corrected chi connectivity index (χ3v) is 6.30. The van der Waals surface area contributed by atoms with Crippen LogP contribution in [-0.4, -0.2) is 53.7 Å². The number of aromatic nitrogens is 6. The van der Waals surface area contributed by atoms with Crippen molar-refractivity contribution in [3.63, 3.8) is 0 Å². The van der Waals surface area contributed by atoms with Crippen LogP contribution in [0.5, 0.6) is 11.6 Å². The lowest BCUT2D eigenvalue weighted by molar-refractivity contribution is -0.145. The molecule has 0 saturated heterocycles. The van der Waals surface area contributed by atoms with E-state index in [2.05, 4.69) is 25.6 Å². The number of hydrogen-bond acceptors (Lipinski definition) is 9. The number of nitrogens with one attached hydrogen (secondary N) is 1. The van der Waals surface area contributed by atoms with Crippen LogP contribution >= 0.6 is 0 Å². The summed E-state index contributed by atoms with van der Waals surface area (Å²) in [6.07, 6.45) is 5.24. The summed E-state index contributed by atoms with van der Waals surface area (Å²) in [6.45, 7) is 6.52. The molecule has 1 aliphatic carbocycles. The van der Waals surface area contributed by atoms with E-state index in [4.69, 9.17) is 14.5 Å². The second kappa shape index (κ2) is 11.3. The highest BCUT2D eigenvalue weighted by Gasteiger charge is 2.31. The fourth-order valence-electron chi connectivity index (χ4n) is 4.43. The van der Waals surface area contributed by atoms with Gasteiger partial charge in [0.2, 0.25) is 11.8 Å². The Bertz CT molecular complexity index is 1200. The highest BCUT2D eigenvalue weighted by molar-refractivity contribution is 5.70. The van der Waals surface area contributed by atoms with Gasteiger partial charge in [-0.05, 0) is 45.7 Å². The van der Waals surface area contributed by atoms with Crippen molar-refractivity contribution >= 4 is 11.9 Å². The predicted molar refractivity (Wildman–Crippen MR) is 133 cm³/mol. The maximum atomic E-state index is 11.6. The molecule has 2 atom stereocenters. The van der Waals surface area contributed by atoms with Gasteiger partial charge < -0.3 is 19.9 Å². The molecule has 2 N–H and O–H groups in total. The maximum Gasteiger partial charge on any atom is 0.306 e. The number of carboxylic acids is 1. The highest BCUT2D eigenvalue weighted by atomic mass is 16.5. The van der Waals surface area contributed by atoms with E-state index in [0.29, 0.717) is 54.2 Å². The van der Waals surface area contributed by atoms with E-state index in [1.807, 2.05) is 40.0 Å². The molecule has 0 spiro atoms. The molecule has 0 bridgehead atoms. The number of ether oxygens (including phenoxy) is 2. The normalized spacial score (nSPS) is 17.7. The van der Waals surface area contributed by atoms with Crippen LogP contribution in [0.1, 0.15) is 50.9 Å². The van der Waals surface area contributed by atoms with Gasteiger partial charge in [0.05, 0.1) is 42.3 Å². The van der Waals surface area contributed by atoms with Gasteiger partial charge in [-0.2, -0.15) is 4.98 Å². The standard InChI is InChI=1S/C25H33N7O4/c1-15(2)36-22-11-12-26-25(29-22)27-13-20-23(30-31-32(20)4)19-9-10-21(16(3)28-19)35-14-17-7-5-6-8-18(17)24(33)34/h9-12,15,17-18H,5-8,13-14H2,1-4H3,(H,33,34)(H,26,27,29)/t17-,18+/m1/s1.